The Morgan fingerprint density at radius 1 is 0.950 bits per heavy atom. The van der Waals surface area contributed by atoms with Crippen molar-refractivity contribution in [3.8, 4) is 0 Å². The van der Waals surface area contributed by atoms with Crippen molar-refractivity contribution in [2.75, 3.05) is 0 Å². The molecule has 114 valence electrons. The summed E-state index contributed by atoms with van der Waals surface area (Å²) in [5, 5.41) is 0. The molecule has 0 bridgehead atoms. The lowest BCUT2D eigenvalue weighted by Crippen LogP contribution is -2.15. The highest BCUT2D eigenvalue weighted by molar-refractivity contribution is 5.14. The maximum atomic E-state index is 11.6. The van der Waals surface area contributed by atoms with Crippen LogP contribution in [-0.4, -0.2) is 9.97 Å². The lowest BCUT2D eigenvalue weighted by atomic mass is 10.0. The molecule has 0 spiro atoms. The van der Waals surface area contributed by atoms with Gasteiger partial charge in [-0.15, -0.1) is 0 Å². The SMILES string of the molecule is CCCCCCCCCCCCc1c(C)nc[nH]c1=O. The molecule has 0 radical (unpaired) electrons. The molecule has 0 fully saturated rings. The predicted molar refractivity (Wildman–Crippen MR) is 85.1 cm³/mol. The van der Waals surface area contributed by atoms with Gasteiger partial charge in [-0.3, -0.25) is 4.79 Å². The fourth-order valence-corrected chi connectivity index (χ4v) is 2.60. The fraction of sp³-hybridized carbons (Fsp3) is 0.765. The fourth-order valence-electron chi connectivity index (χ4n) is 2.60. The van der Waals surface area contributed by atoms with E-state index in [1.807, 2.05) is 6.92 Å². The van der Waals surface area contributed by atoms with Gasteiger partial charge in [0.2, 0.25) is 0 Å². The number of rotatable bonds is 11. The maximum absolute atomic E-state index is 11.6. The smallest absolute Gasteiger partial charge is 0.254 e. The molecular formula is C17H30N2O. The molecule has 1 aromatic heterocycles. The third-order valence-corrected chi connectivity index (χ3v) is 3.94. The van der Waals surface area contributed by atoms with Gasteiger partial charge in [-0.05, 0) is 19.8 Å². The summed E-state index contributed by atoms with van der Waals surface area (Å²) >= 11 is 0. The summed E-state index contributed by atoms with van der Waals surface area (Å²) in [6.07, 6.45) is 15.6. The molecule has 1 rings (SSSR count). The van der Waals surface area contributed by atoms with Crippen LogP contribution in [0, 0.1) is 6.92 Å². The first kappa shape index (κ1) is 16.9. The summed E-state index contributed by atoms with van der Waals surface area (Å²) in [6, 6.07) is 0. The number of aromatic amines is 1. The standard InChI is InChI=1S/C17H30N2O/c1-3-4-5-6-7-8-9-10-11-12-13-16-15(2)18-14-19-17(16)20/h14H,3-13H2,1-2H3,(H,18,19,20). The van der Waals surface area contributed by atoms with Crippen molar-refractivity contribution in [2.24, 2.45) is 0 Å². The Morgan fingerprint density at radius 2 is 1.50 bits per heavy atom. The van der Waals surface area contributed by atoms with Crippen molar-refractivity contribution in [1.29, 1.82) is 0 Å². The van der Waals surface area contributed by atoms with E-state index >= 15 is 0 Å². The molecule has 20 heavy (non-hydrogen) atoms. The number of hydrogen-bond donors (Lipinski definition) is 1. The Labute approximate surface area is 123 Å². The lowest BCUT2D eigenvalue weighted by Gasteiger charge is -2.04. The monoisotopic (exact) mass is 278 g/mol. The molecule has 3 heteroatoms. The molecule has 1 aromatic rings. The summed E-state index contributed by atoms with van der Waals surface area (Å²) < 4.78 is 0. The van der Waals surface area contributed by atoms with Crippen molar-refractivity contribution in [2.45, 2.75) is 84.5 Å². The van der Waals surface area contributed by atoms with E-state index in [1.165, 1.54) is 64.1 Å². The van der Waals surface area contributed by atoms with E-state index in [1.54, 1.807) is 0 Å². The third kappa shape index (κ3) is 6.88. The van der Waals surface area contributed by atoms with E-state index in [0.717, 1.165) is 24.1 Å². The van der Waals surface area contributed by atoms with Gasteiger partial charge in [0.25, 0.3) is 5.56 Å². The van der Waals surface area contributed by atoms with Crippen LogP contribution in [0.25, 0.3) is 0 Å². The normalized spacial score (nSPS) is 10.9. The number of hydrogen-bond acceptors (Lipinski definition) is 2. The van der Waals surface area contributed by atoms with Crippen LogP contribution in [0.15, 0.2) is 11.1 Å². The van der Waals surface area contributed by atoms with Crippen molar-refractivity contribution in [3.05, 3.63) is 27.9 Å². The van der Waals surface area contributed by atoms with Crippen LogP contribution in [0.4, 0.5) is 0 Å². The van der Waals surface area contributed by atoms with Gasteiger partial charge in [-0.2, -0.15) is 0 Å². The van der Waals surface area contributed by atoms with E-state index in [0.29, 0.717) is 0 Å². The Bertz CT molecular complexity index is 412. The Morgan fingerprint density at radius 3 is 2.05 bits per heavy atom. The zero-order valence-electron chi connectivity index (χ0n) is 13.2. The summed E-state index contributed by atoms with van der Waals surface area (Å²) in [5.74, 6) is 0. The molecule has 0 amide bonds. The summed E-state index contributed by atoms with van der Waals surface area (Å²) in [6.45, 7) is 4.18. The van der Waals surface area contributed by atoms with Gasteiger partial charge >= 0.3 is 0 Å². The van der Waals surface area contributed by atoms with Crippen molar-refractivity contribution in [1.82, 2.24) is 9.97 Å². The average Bonchev–Trinajstić information content (AvgIpc) is 2.43. The van der Waals surface area contributed by atoms with Crippen molar-refractivity contribution in [3.63, 3.8) is 0 Å². The van der Waals surface area contributed by atoms with E-state index < -0.39 is 0 Å². The van der Waals surface area contributed by atoms with Gasteiger partial charge in [0.1, 0.15) is 0 Å². The van der Waals surface area contributed by atoms with Crippen LogP contribution in [-0.2, 0) is 6.42 Å². The van der Waals surface area contributed by atoms with Gasteiger partial charge in [0, 0.05) is 11.3 Å². The van der Waals surface area contributed by atoms with Gasteiger partial charge in [-0.25, -0.2) is 4.98 Å². The minimum absolute atomic E-state index is 0.0356. The molecule has 0 aliphatic carbocycles. The highest BCUT2D eigenvalue weighted by Crippen LogP contribution is 2.11. The number of nitrogens with one attached hydrogen (secondary N) is 1. The zero-order valence-corrected chi connectivity index (χ0v) is 13.2. The summed E-state index contributed by atoms with van der Waals surface area (Å²) in [7, 11) is 0. The second kappa shape index (κ2) is 10.6. The Kier molecular flexibility index (Phi) is 9.01. The lowest BCUT2D eigenvalue weighted by molar-refractivity contribution is 0.555. The van der Waals surface area contributed by atoms with Gasteiger partial charge in [-0.1, -0.05) is 64.7 Å². The number of unbranched alkanes of at least 4 members (excludes halogenated alkanes) is 9. The largest absolute Gasteiger partial charge is 0.313 e. The summed E-state index contributed by atoms with van der Waals surface area (Å²) in [5.41, 5.74) is 1.78. The molecule has 0 saturated heterocycles. The minimum atomic E-state index is 0.0356. The second-order valence-electron chi connectivity index (χ2n) is 5.73. The van der Waals surface area contributed by atoms with Crippen molar-refractivity contribution >= 4 is 0 Å². The van der Waals surface area contributed by atoms with E-state index in [9.17, 15) is 4.79 Å². The van der Waals surface area contributed by atoms with Crippen LogP contribution in [0.1, 0.15) is 82.4 Å². The van der Waals surface area contributed by atoms with E-state index in [2.05, 4.69) is 16.9 Å². The summed E-state index contributed by atoms with van der Waals surface area (Å²) in [4.78, 5) is 18.4. The minimum Gasteiger partial charge on any atom is -0.313 e. The second-order valence-corrected chi connectivity index (χ2v) is 5.73. The number of aryl methyl sites for hydroxylation is 1. The highest BCUT2D eigenvalue weighted by Gasteiger charge is 2.03. The van der Waals surface area contributed by atoms with Gasteiger partial charge in [0.15, 0.2) is 0 Å². The molecule has 0 aromatic carbocycles. The highest BCUT2D eigenvalue weighted by atomic mass is 16.1. The third-order valence-electron chi connectivity index (χ3n) is 3.94. The van der Waals surface area contributed by atoms with Crippen LogP contribution in [0.5, 0.6) is 0 Å². The average molecular weight is 278 g/mol. The Hall–Kier alpha value is -1.12. The van der Waals surface area contributed by atoms with Crippen LogP contribution in [0.2, 0.25) is 0 Å². The molecule has 0 saturated carbocycles. The first-order chi connectivity index (χ1) is 9.75. The van der Waals surface area contributed by atoms with E-state index in [4.69, 9.17) is 0 Å². The molecule has 1 N–H and O–H groups in total. The van der Waals surface area contributed by atoms with Gasteiger partial charge in [0.05, 0.1) is 6.33 Å². The molecule has 0 unspecified atom stereocenters. The molecular weight excluding hydrogens is 248 g/mol. The number of nitrogens with zero attached hydrogens (tertiary/aromatic N) is 1. The van der Waals surface area contributed by atoms with Crippen LogP contribution >= 0.6 is 0 Å². The van der Waals surface area contributed by atoms with Crippen molar-refractivity contribution < 1.29 is 0 Å². The number of H-pyrrole nitrogens is 1. The predicted octanol–water partition coefficient (Wildman–Crippen LogP) is 4.54. The molecule has 1 heterocycles. The first-order valence-electron chi connectivity index (χ1n) is 8.29. The first-order valence-corrected chi connectivity index (χ1v) is 8.29. The quantitative estimate of drug-likeness (QED) is 0.604. The molecule has 0 atom stereocenters. The zero-order chi connectivity index (χ0) is 14.6. The maximum Gasteiger partial charge on any atom is 0.254 e. The van der Waals surface area contributed by atoms with Crippen LogP contribution < -0.4 is 5.56 Å². The van der Waals surface area contributed by atoms with E-state index in [-0.39, 0.29) is 5.56 Å². The number of aromatic nitrogens is 2. The molecule has 3 nitrogen and oxygen atoms in total. The Balaban J connectivity index is 2.01. The van der Waals surface area contributed by atoms with Crippen LogP contribution in [0.3, 0.4) is 0 Å². The molecule has 0 aliphatic heterocycles. The molecule has 0 aliphatic rings. The van der Waals surface area contributed by atoms with Gasteiger partial charge < -0.3 is 4.98 Å². The topological polar surface area (TPSA) is 45.8 Å².